The fourth-order valence-electron chi connectivity index (χ4n) is 6.25. The molecule has 11 heteroatoms. The van der Waals surface area contributed by atoms with Gasteiger partial charge in [0.15, 0.2) is 0 Å². The number of fused-ring (bicyclic) bond motifs is 3. The number of methoxy groups -OCH3 is 1. The van der Waals surface area contributed by atoms with Crippen molar-refractivity contribution in [2.24, 2.45) is 11.8 Å². The highest BCUT2D eigenvalue weighted by Crippen LogP contribution is 2.41. The summed E-state index contributed by atoms with van der Waals surface area (Å²) in [7, 11) is -2.53. The van der Waals surface area contributed by atoms with E-state index < -0.39 is 27.3 Å². The number of hydrogen-bond acceptors (Lipinski definition) is 8. The number of aliphatic hydroxyl groups excluding tert-OH is 1. The van der Waals surface area contributed by atoms with Gasteiger partial charge < -0.3 is 24.2 Å². The molecule has 4 atom stereocenters. The SMILES string of the molecule is COCCOC[C@@H]1CC/C=C/[C@H](O)[C@@H]2CC[C@H]2CN2CCCCc3cc(Cl)ccc3COc3ccc(cc32)C(=O)NS1(=O)=O. The first-order valence-electron chi connectivity index (χ1n) is 15.5. The van der Waals surface area contributed by atoms with Crippen molar-refractivity contribution >= 4 is 33.2 Å². The van der Waals surface area contributed by atoms with Gasteiger partial charge in [-0.2, -0.15) is 0 Å². The number of benzene rings is 2. The molecule has 1 aliphatic carbocycles. The van der Waals surface area contributed by atoms with E-state index in [4.69, 9.17) is 25.8 Å². The predicted molar refractivity (Wildman–Crippen MR) is 171 cm³/mol. The molecule has 9 nitrogen and oxygen atoms in total. The number of rotatable bonds is 5. The Bertz CT molecular complexity index is 1430. The number of carbonyl (C=O) groups excluding carboxylic acids is 1. The second-order valence-electron chi connectivity index (χ2n) is 12.0. The van der Waals surface area contributed by atoms with Crippen LogP contribution in [-0.2, 0) is 32.5 Å². The van der Waals surface area contributed by atoms with Crippen molar-refractivity contribution in [2.75, 3.05) is 44.9 Å². The van der Waals surface area contributed by atoms with E-state index in [-0.39, 0.29) is 37.0 Å². The van der Waals surface area contributed by atoms with Crippen LogP contribution in [0.15, 0.2) is 48.6 Å². The van der Waals surface area contributed by atoms with Gasteiger partial charge in [-0.3, -0.25) is 4.79 Å². The topological polar surface area (TPSA) is 114 Å². The number of amides is 1. The van der Waals surface area contributed by atoms with Crippen LogP contribution in [0.4, 0.5) is 5.69 Å². The van der Waals surface area contributed by atoms with Crippen LogP contribution < -0.4 is 14.4 Å². The molecule has 1 amide bonds. The average Bonchev–Trinajstić information content (AvgIpc) is 3.00. The summed E-state index contributed by atoms with van der Waals surface area (Å²) in [6, 6.07) is 11.0. The van der Waals surface area contributed by atoms with E-state index in [9.17, 15) is 18.3 Å². The number of aryl methyl sites for hydroxylation is 1. The van der Waals surface area contributed by atoms with Gasteiger partial charge in [0, 0.05) is 30.8 Å². The Hall–Kier alpha value is -2.63. The summed E-state index contributed by atoms with van der Waals surface area (Å²) in [6.45, 7) is 2.27. The second-order valence-corrected chi connectivity index (χ2v) is 14.3. The summed E-state index contributed by atoms with van der Waals surface area (Å²) in [5, 5.41) is 10.8. The minimum atomic E-state index is -4.08. The number of allylic oxidation sites excluding steroid dienone is 1. The van der Waals surface area contributed by atoms with Crippen molar-refractivity contribution in [2.45, 2.75) is 62.9 Å². The van der Waals surface area contributed by atoms with Crippen molar-refractivity contribution < 1.29 is 32.5 Å². The molecule has 2 heterocycles. The lowest BCUT2D eigenvalue weighted by Crippen LogP contribution is -2.43. The lowest BCUT2D eigenvalue weighted by Gasteiger charge is -2.42. The highest BCUT2D eigenvalue weighted by Gasteiger charge is 2.37. The molecule has 1 fully saturated rings. The molecule has 2 bridgehead atoms. The summed E-state index contributed by atoms with van der Waals surface area (Å²) < 4.78 is 46.1. The fraction of sp³-hybridized carbons (Fsp3) is 0.545. The van der Waals surface area contributed by atoms with E-state index >= 15 is 0 Å². The van der Waals surface area contributed by atoms with Crippen LogP contribution in [0, 0.1) is 11.8 Å². The minimum absolute atomic E-state index is 0.0778. The summed E-state index contributed by atoms with van der Waals surface area (Å²) in [5.41, 5.74) is 3.20. The van der Waals surface area contributed by atoms with Crippen LogP contribution >= 0.6 is 11.6 Å². The standard InChI is InChI=1S/C33H43ClN2O7S/c1-41-16-17-42-22-28-7-2-3-8-31(37)29-13-10-25(29)20-36-15-5-4-6-23-18-27(34)12-9-26(23)21-43-32-14-11-24(19-30(32)36)33(38)35-44(28,39)40/h3,8-9,11-12,14,18-19,25,28-29,31,37H,2,4-7,10,13,15-17,20-22H2,1H3,(H,35,38)/b8-3+/t25-,28-,29+,31-/m0/s1. The molecule has 1 saturated carbocycles. The third kappa shape index (κ3) is 8.14. The summed E-state index contributed by atoms with van der Waals surface area (Å²) in [6.07, 6.45) is 8.36. The van der Waals surface area contributed by atoms with Gasteiger partial charge in [0.1, 0.15) is 17.6 Å². The van der Waals surface area contributed by atoms with Gasteiger partial charge in [0.25, 0.3) is 5.91 Å². The molecule has 44 heavy (non-hydrogen) atoms. The predicted octanol–water partition coefficient (Wildman–Crippen LogP) is 4.89. The Morgan fingerprint density at radius 3 is 2.75 bits per heavy atom. The molecule has 0 unspecified atom stereocenters. The third-order valence-corrected chi connectivity index (χ3v) is 11.0. The fourth-order valence-corrected chi connectivity index (χ4v) is 7.71. The number of halogens is 1. The summed E-state index contributed by atoms with van der Waals surface area (Å²) in [5.74, 6) is 0.311. The monoisotopic (exact) mass is 646 g/mol. The zero-order chi connectivity index (χ0) is 31.1. The molecule has 5 rings (SSSR count). The molecule has 0 spiro atoms. The lowest BCUT2D eigenvalue weighted by atomic mass is 9.70. The number of carbonyl (C=O) groups is 1. The number of aliphatic hydroxyl groups is 1. The molecule has 240 valence electrons. The normalized spacial score (nSPS) is 26.5. The van der Waals surface area contributed by atoms with Gasteiger partial charge in [-0.05, 0) is 98.2 Å². The summed E-state index contributed by atoms with van der Waals surface area (Å²) >= 11 is 6.31. The van der Waals surface area contributed by atoms with Crippen LogP contribution in [0.25, 0.3) is 0 Å². The van der Waals surface area contributed by atoms with Gasteiger partial charge in [0.2, 0.25) is 10.0 Å². The largest absolute Gasteiger partial charge is 0.487 e. The maximum Gasteiger partial charge on any atom is 0.264 e. The van der Waals surface area contributed by atoms with Crippen LogP contribution in [0.2, 0.25) is 5.02 Å². The quantitative estimate of drug-likeness (QED) is 0.349. The van der Waals surface area contributed by atoms with Crippen LogP contribution in [0.1, 0.15) is 60.0 Å². The zero-order valence-corrected chi connectivity index (χ0v) is 26.8. The van der Waals surface area contributed by atoms with Crippen LogP contribution in [0.3, 0.4) is 0 Å². The average molecular weight is 647 g/mol. The number of ether oxygens (including phenoxy) is 3. The van der Waals surface area contributed by atoms with Crippen molar-refractivity contribution in [1.82, 2.24) is 4.72 Å². The van der Waals surface area contributed by atoms with E-state index in [1.807, 2.05) is 24.3 Å². The maximum absolute atomic E-state index is 13.5. The molecular weight excluding hydrogens is 604 g/mol. The Kier molecular flexibility index (Phi) is 11.2. The van der Waals surface area contributed by atoms with Gasteiger partial charge in [0.05, 0.1) is 31.6 Å². The Balaban J connectivity index is 1.49. The molecule has 0 aromatic heterocycles. The zero-order valence-electron chi connectivity index (χ0n) is 25.3. The Morgan fingerprint density at radius 1 is 1.09 bits per heavy atom. The molecule has 0 saturated heterocycles. The van der Waals surface area contributed by atoms with E-state index in [0.717, 1.165) is 55.5 Å². The van der Waals surface area contributed by atoms with Crippen molar-refractivity contribution in [1.29, 1.82) is 0 Å². The van der Waals surface area contributed by atoms with Crippen molar-refractivity contribution in [3.63, 3.8) is 0 Å². The number of nitrogens with one attached hydrogen (secondary N) is 1. The van der Waals surface area contributed by atoms with E-state index in [2.05, 4.69) is 9.62 Å². The van der Waals surface area contributed by atoms with Crippen LogP contribution in [0.5, 0.6) is 5.75 Å². The van der Waals surface area contributed by atoms with Gasteiger partial charge in [-0.15, -0.1) is 0 Å². The molecule has 0 radical (unpaired) electrons. The molecule has 3 aliphatic rings. The van der Waals surface area contributed by atoms with E-state index in [1.54, 1.807) is 31.4 Å². The Labute approximate surface area is 265 Å². The van der Waals surface area contributed by atoms with Gasteiger partial charge >= 0.3 is 0 Å². The molecule has 2 aromatic rings. The van der Waals surface area contributed by atoms with Crippen LogP contribution in [-0.4, -0.2) is 70.8 Å². The van der Waals surface area contributed by atoms with Gasteiger partial charge in [-0.25, -0.2) is 13.1 Å². The van der Waals surface area contributed by atoms with E-state index in [1.165, 1.54) is 0 Å². The molecule has 2 aliphatic heterocycles. The minimum Gasteiger partial charge on any atom is -0.487 e. The van der Waals surface area contributed by atoms with Crippen molar-refractivity contribution in [3.8, 4) is 5.75 Å². The molecule has 2 N–H and O–H groups in total. The molecule has 2 aromatic carbocycles. The van der Waals surface area contributed by atoms with Crippen molar-refractivity contribution in [3.05, 3.63) is 70.3 Å². The molecular formula is C33H43ClN2O7S. The number of sulfonamides is 1. The number of nitrogens with zero attached hydrogens (tertiary/aromatic N) is 1. The summed E-state index contributed by atoms with van der Waals surface area (Å²) in [4.78, 5) is 15.7. The first-order valence-corrected chi connectivity index (χ1v) is 17.4. The number of anilines is 1. The highest BCUT2D eigenvalue weighted by atomic mass is 35.5. The first kappa shape index (κ1) is 32.8. The van der Waals surface area contributed by atoms with E-state index in [0.29, 0.717) is 37.0 Å². The second kappa shape index (κ2) is 15.1. The lowest BCUT2D eigenvalue weighted by molar-refractivity contribution is 0.0461. The third-order valence-electron chi connectivity index (χ3n) is 9.01. The highest BCUT2D eigenvalue weighted by molar-refractivity contribution is 7.90. The maximum atomic E-state index is 13.5. The van der Waals surface area contributed by atoms with Gasteiger partial charge in [-0.1, -0.05) is 29.8 Å². The number of hydrogen-bond donors (Lipinski definition) is 2. The Morgan fingerprint density at radius 2 is 1.95 bits per heavy atom. The first-order chi connectivity index (χ1) is 21.2. The smallest absolute Gasteiger partial charge is 0.264 e.